The first kappa shape index (κ1) is 21.5. The number of aromatic amines is 1. The van der Waals surface area contributed by atoms with Crippen molar-refractivity contribution >= 4 is 33.7 Å². The summed E-state index contributed by atoms with van der Waals surface area (Å²) in [5.74, 6) is -0.469. The van der Waals surface area contributed by atoms with Crippen LogP contribution in [0.5, 0.6) is 0 Å². The summed E-state index contributed by atoms with van der Waals surface area (Å²) in [5, 5.41) is 3.16. The molecule has 172 valence electrons. The molecule has 0 aliphatic heterocycles. The van der Waals surface area contributed by atoms with Gasteiger partial charge >= 0.3 is 0 Å². The quantitative estimate of drug-likeness (QED) is 0.401. The van der Waals surface area contributed by atoms with Crippen LogP contribution in [0.25, 0.3) is 33.2 Å². The number of rotatable bonds is 7. The van der Waals surface area contributed by atoms with Crippen molar-refractivity contribution in [2.24, 2.45) is 5.73 Å². The zero-order valence-corrected chi connectivity index (χ0v) is 19.3. The third-order valence-corrected chi connectivity index (χ3v) is 6.89. The van der Waals surface area contributed by atoms with Crippen LogP contribution in [-0.2, 0) is 0 Å². The van der Waals surface area contributed by atoms with Crippen molar-refractivity contribution in [2.45, 2.75) is 38.1 Å². The van der Waals surface area contributed by atoms with E-state index in [0.29, 0.717) is 17.1 Å². The normalized spacial score (nSPS) is 14.8. The molecule has 2 heterocycles. The third kappa shape index (κ3) is 3.84. The standard InChI is InChI=1S/C25H31N7O/c1-27-10-11-31(2)21-13-18(23-24(29-14-28-23)22(21)25(26)33)16-8-9-20-19(12-16)30-15-32(20)17-6-4-3-5-7-17/h8-9,12-15,17,27H,3-7,10-11H2,1-2H3,(H2,26,33)(H,28,29). The summed E-state index contributed by atoms with van der Waals surface area (Å²) in [7, 11) is 3.88. The number of aromatic nitrogens is 4. The SMILES string of the molecule is CNCCN(C)c1cc(-c2ccc3c(c2)ncn3C2CCCCC2)c2nc[nH]c2c1C(N)=O. The molecule has 1 aliphatic carbocycles. The monoisotopic (exact) mass is 445 g/mol. The molecule has 4 N–H and O–H groups in total. The van der Waals surface area contributed by atoms with Crippen LogP contribution in [0.3, 0.4) is 0 Å². The molecule has 0 radical (unpaired) electrons. The molecule has 2 aromatic heterocycles. The Hall–Kier alpha value is -3.39. The molecule has 1 saturated carbocycles. The number of hydrogen-bond donors (Lipinski definition) is 3. The van der Waals surface area contributed by atoms with Gasteiger partial charge in [-0.25, -0.2) is 9.97 Å². The summed E-state index contributed by atoms with van der Waals surface area (Å²) in [5.41, 5.74) is 12.6. The predicted molar refractivity (Wildman–Crippen MR) is 133 cm³/mol. The summed E-state index contributed by atoms with van der Waals surface area (Å²) in [6.07, 6.45) is 9.95. The first-order chi connectivity index (χ1) is 16.1. The average molecular weight is 446 g/mol. The van der Waals surface area contributed by atoms with Crippen LogP contribution in [0.2, 0.25) is 0 Å². The van der Waals surface area contributed by atoms with Crippen molar-refractivity contribution in [3.63, 3.8) is 0 Å². The minimum absolute atomic E-state index is 0.465. The lowest BCUT2D eigenvalue weighted by Crippen LogP contribution is -2.29. The lowest BCUT2D eigenvalue weighted by Gasteiger charge is -2.24. The topological polar surface area (TPSA) is 105 Å². The summed E-state index contributed by atoms with van der Waals surface area (Å²) >= 11 is 0. The van der Waals surface area contributed by atoms with Gasteiger partial charge in [-0.2, -0.15) is 0 Å². The minimum Gasteiger partial charge on any atom is -0.373 e. The molecule has 2 aromatic carbocycles. The van der Waals surface area contributed by atoms with E-state index >= 15 is 0 Å². The van der Waals surface area contributed by atoms with E-state index in [9.17, 15) is 4.79 Å². The molecule has 8 heteroatoms. The predicted octanol–water partition coefficient (Wildman–Crippen LogP) is 3.84. The summed E-state index contributed by atoms with van der Waals surface area (Å²) in [4.78, 5) is 26.9. The van der Waals surface area contributed by atoms with Gasteiger partial charge < -0.3 is 25.5 Å². The number of amides is 1. The maximum atomic E-state index is 12.4. The molecule has 8 nitrogen and oxygen atoms in total. The van der Waals surface area contributed by atoms with Gasteiger partial charge in [0.15, 0.2) is 0 Å². The Labute approximate surface area is 193 Å². The highest BCUT2D eigenvalue weighted by atomic mass is 16.1. The van der Waals surface area contributed by atoms with E-state index in [0.717, 1.165) is 40.9 Å². The van der Waals surface area contributed by atoms with Gasteiger partial charge in [0, 0.05) is 31.7 Å². The van der Waals surface area contributed by atoms with Gasteiger partial charge in [-0.1, -0.05) is 25.3 Å². The number of fused-ring (bicyclic) bond motifs is 2. The van der Waals surface area contributed by atoms with Crippen LogP contribution in [0.4, 0.5) is 5.69 Å². The second kappa shape index (κ2) is 8.86. The fourth-order valence-electron chi connectivity index (χ4n) is 5.11. The lowest BCUT2D eigenvalue weighted by molar-refractivity contribution is 0.100. The van der Waals surface area contributed by atoms with Gasteiger partial charge in [-0.15, -0.1) is 0 Å². The van der Waals surface area contributed by atoms with Crippen LogP contribution < -0.4 is 16.0 Å². The number of likely N-dealkylation sites (N-methyl/N-ethyl adjacent to an activating group) is 2. The first-order valence-electron chi connectivity index (χ1n) is 11.7. The molecule has 33 heavy (non-hydrogen) atoms. The smallest absolute Gasteiger partial charge is 0.253 e. The highest BCUT2D eigenvalue weighted by Crippen LogP contribution is 2.37. The molecule has 0 spiro atoms. The zero-order chi connectivity index (χ0) is 22.9. The molecule has 4 aromatic rings. The maximum absolute atomic E-state index is 12.4. The number of nitrogens with two attached hydrogens (primary N) is 1. The van der Waals surface area contributed by atoms with E-state index in [4.69, 9.17) is 10.7 Å². The summed E-state index contributed by atoms with van der Waals surface area (Å²) < 4.78 is 2.34. The molecular formula is C25H31N7O. The number of anilines is 1. The van der Waals surface area contributed by atoms with E-state index in [1.807, 2.05) is 26.5 Å². The van der Waals surface area contributed by atoms with E-state index in [1.165, 1.54) is 37.6 Å². The highest BCUT2D eigenvalue weighted by molar-refractivity contribution is 6.13. The van der Waals surface area contributed by atoms with Gasteiger partial charge in [0.25, 0.3) is 5.91 Å². The van der Waals surface area contributed by atoms with Crippen LogP contribution in [0.1, 0.15) is 48.5 Å². The van der Waals surface area contributed by atoms with E-state index in [2.05, 4.69) is 43.0 Å². The van der Waals surface area contributed by atoms with Crippen molar-refractivity contribution in [1.82, 2.24) is 24.8 Å². The third-order valence-electron chi connectivity index (χ3n) is 6.89. The fraction of sp³-hybridized carbons (Fsp3) is 0.400. The molecule has 1 amide bonds. The fourth-order valence-corrected chi connectivity index (χ4v) is 5.11. The van der Waals surface area contributed by atoms with Crippen molar-refractivity contribution in [3.05, 3.63) is 42.5 Å². The van der Waals surface area contributed by atoms with Crippen LogP contribution in [0, 0.1) is 0 Å². The van der Waals surface area contributed by atoms with Gasteiger partial charge in [-0.3, -0.25) is 4.79 Å². The Morgan fingerprint density at radius 1 is 1.24 bits per heavy atom. The number of benzene rings is 2. The van der Waals surface area contributed by atoms with Crippen molar-refractivity contribution < 1.29 is 4.79 Å². The Morgan fingerprint density at radius 3 is 2.82 bits per heavy atom. The first-order valence-corrected chi connectivity index (χ1v) is 11.7. The van der Waals surface area contributed by atoms with Crippen molar-refractivity contribution in [1.29, 1.82) is 0 Å². The number of imidazole rings is 2. The van der Waals surface area contributed by atoms with Gasteiger partial charge in [-0.05, 0) is 43.7 Å². The van der Waals surface area contributed by atoms with E-state index in [-0.39, 0.29) is 0 Å². The number of H-pyrrole nitrogens is 1. The number of nitrogens with one attached hydrogen (secondary N) is 2. The molecule has 0 atom stereocenters. The molecule has 0 unspecified atom stereocenters. The second-order valence-corrected chi connectivity index (χ2v) is 8.98. The zero-order valence-electron chi connectivity index (χ0n) is 19.3. The molecule has 1 fully saturated rings. The maximum Gasteiger partial charge on any atom is 0.253 e. The van der Waals surface area contributed by atoms with Crippen LogP contribution >= 0.6 is 0 Å². The van der Waals surface area contributed by atoms with Gasteiger partial charge in [0.2, 0.25) is 0 Å². The minimum atomic E-state index is -0.469. The molecule has 1 aliphatic rings. The Balaban J connectivity index is 1.62. The van der Waals surface area contributed by atoms with E-state index < -0.39 is 5.91 Å². The van der Waals surface area contributed by atoms with Gasteiger partial charge in [0.1, 0.15) is 0 Å². The van der Waals surface area contributed by atoms with Gasteiger partial charge in [0.05, 0.1) is 46.0 Å². The van der Waals surface area contributed by atoms with Crippen molar-refractivity contribution in [2.75, 3.05) is 32.1 Å². The molecule has 0 bridgehead atoms. The lowest BCUT2D eigenvalue weighted by atomic mass is 9.95. The van der Waals surface area contributed by atoms with Crippen molar-refractivity contribution in [3.8, 4) is 11.1 Å². The number of hydrogen-bond acceptors (Lipinski definition) is 5. The molecular weight excluding hydrogens is 414 g/mol. The number of carbonyl (C=O) groups excluding carboxylic acids is 1. The van der Waals surface area contributed by atoms with Crippen LogP contribution in [0.15, 0.2) is 36.9 Å². The van der Waals surface area contributed by atoms with E-state index in [1.54, 1.807) is 6.33 Å². The molecule has 0 saturated heterocycles. The summed E-state index contributed by atoms with van der Waals surface area (Å²) in [6.45, 7) is 1.52. The number of primary amides is 1. The Kier molecular flexibility index (Phi) is 5.76. The highest BCUT2D eigenvalue weighted by Gasteiger charge is 2.22. The largest absolute Gasteiger partial charge is 0.373 e. The van der Waals surface area contributed by atoms with Crippen LogP contribution in [-0.4, -0.2) is 52.6 Å². The Bertz CT molecular complexity index is 1300. The second-order valence-electron chi connectivity index (χ2n) is 8.98. The number of nitrogens with zero attached hydrogens (tertiary/aromatic N) is 4. The summed E-state index contributed by atoms with van der Waals surface area (Å²) in [6, 6.07) is 8.98. The molecule has 5 rings (SSSR count). The average Bonchev–Trinajstić information content (AvgIpc) is 3.48. The Morgan fingerprint density at radius 2 is 2.06 bits per heavy atom. The number of carbonyl (C=O) groups is 1.